The molecule has 5 rings (SSSR count). The van der Waals surface area contributed by atoms with Gasteiger partial charge in [0.1, 0.15) is 0 Å². The van der Waals surface area contributed by atoms with Crippen LogP contribution in [0.4, 0.5) is 0 Å². The minimum absolute atomic E-state index is 0.0936. The second-order valence-corrected chi connectivity index (χ2v) is 8.30. The van der Waals surface area contributed by atoms with Gasteiger partial charge in [-0.25, -0.2) is 4.79 Å². The van der Waals surface area contributed by atoms with E-state index in [1.54, 1.807) is 25.1 Å². The van der Waals surface area contributed by atoms with Crippen LogP contribution in [0.5, 0.6) is 0 Å². The van der Waals surface area contributed by atoms with E-state index in [4.69, 9.17) is 0 Å². The number of fused-ring (bicyclic) bond motifs is 2. The molecule has 1 amide bonds. The van der Waals surface area contributed by atoms with Gasteiger partial charge < -0.3 is 9.88 Å². The Morgan fingerprint density at radius 3 is 2.61 bits per heavy atom. The number of carbonyl (C=O) groups is 1. The first-order valence-electron chi connectivity index (χ1n) is 11.2. The van der Waals surface area contributed by atoms with Gasteiger partial charge in [0.25, 0.3) is 11.5 Å². The van der Waals surface area contributed by atoms with E-state index in [1.165, 1.54) is 5.56 Å². The lowest BCUT2D eigenvalue weighted by Crippen LogP contribution is -2.48. The van der Waals surface area contributed by atoms with Crippen molar-refractivity contribution in [2.45, 2.75) is 20.0 Å². The molecule has 0 spiro atoms. The zero-order valence-corrected chi connectivity index (χ0v) is 18.5. The number of piperazine rings is 1. The molecule has 0 saturated carbocycles. The summed E-state index contributed by atoms with van der Waals surface area (Å²) in [6.45, 7) is 5.59. The summed E-state index contributed by atoms with van der Waals surface area (Å²) in [6.07, 6.45) is 1.82. The lowest BCUT2D eigenvalue weighted by atomic mass is 10.1. The van der Waals surface area contributed by atoms with Crippen LogP contribution in [0.1, 0.15) is 22.8 Å². The van der Waals surface area contributed by atoms with E-state index in [0.717, 1.165) is 35.1 Å². The summed E-state index contributed by atoms with van der Waals surface area (Å²) in [5.74, 6) is -0.0936. The highest BCUT2D eigenvalue weighted by Crippen LogP contribution is 2.19. The maximum atomic E-state index is 13.1. The molecule has 0 atom stereocenters. The van der Waals surface area contributed by atoms with Crippen LogP contribution in [-0.2, 0) is 13.1 Å². The van der Waals surface area contributed by atoms with Crippen LogP contribution in [0.15, 0.2) is 64.3 Å². The second kappa shape index (κ2) is 8.63. The van der Waals surface area contributed by atoms with Crippen molar-refractivity contribution >= 4 is 27.7 Å². The lowest BCUT2D eigenvalue weighted by Gasteiger charge is -2.35. The second-order valence-electron chi connectivity index (χ2n) is 8.30. The molecule has 3 heterocycles. The Bertz CT molecular complexity index is 1460. The predicted octanol–water partition coefficient (Wildman–Crippen LogP) is 2.22. The monoisotopic (exact) mass is 443 g/mol. The number of pyridine rings is 1. The van der Waals surface area contributed by atoms with Crippen LogP contribution in [-0.4, -0.2) is 56.4 Å². The molecular weight excluding hydrogens is 418 g/mol. The molecule has 1 saturated heterocycles. The van der Waals surface area contributed by atoms with Gasteiger partial charge in [-0.2, -0.15) is 0 Å². The Morgan fingerprint density at radius 2 is 1.82 bits per heavy atom. The average Bonchev–Trinajstić information content (AvgIpc) is 2.84. The number of aromatic amines is 1. The molecule has 1 aliphatic rings. The normalized spacial score (nSPS) is 14.8. The molecule has 8 nitrogen and oxygen atoms in total. The molecule has 1 fully saturated rings. The largest absolute Gasteiger partial charge is 0.336 e. The molecule has 0 aliphatic carbocycles. The van der Waals surface area contributed by atoms with E-state index in [9.17, 15) is 14.4 Å². The topological polar surface area (TPSA) is 91.3 Å². The zero-order chi connectivity index (χ0) is 22.9. The zero-order valence-electron chi connectivity index (χ0n) is 18.5. The molecule has 0 unspecified atom stereocenters. The summed E-state index contributed by atoms with van der Waals surface area (Å²) in [4.78, 5) is 49.1. The van der Waals surface area contributed by atoms with Gasteiger partial charge in [0.15, 0.2) is 0 Å². The van der Waals surface area contributed by atoms with E-state index in [0.29, 0.717) is 36.1 Å². The van der Waals surface area contributed by atoms with Crippen molar-refractivity contribution in [2.24, 2.45) is 0 Å². The van der Waals surface area contributed by atoms with Crippen molar-refractivity contribution < 1.29 is 4.79 Å². The fraction of sp³-hybridized carbons (Fsp3) is 0.280. The summed E-state index contributed by atoms with van der Waals surface area (Å²) in [5.41, 5.74) is 2.26. The number of hydrogen-bond acceptors (Lipinski definition) is 5. The fourth-order valence-electron chi connectivity index (χ4n) is 4.50. The van der Waals surface area contributed by atoms with Crippen molar-refractivity contribution in [3.05, 3.63) is 86.7 Å². The number of amides is 1. The number of nitrogens with one attached hydrogen (secondary N) is 1. The van der Waals surface area contributed by atoms with Gasteiger partial charge in [-0.15, -0.1) is 0 Å². The quantitative estimate of drug-likeness (QED) is 0.522. The number of rotatable bonds is 4. The fourth-order valence-corrected chi connectivity index (χ4v) is 4.50. The third kappa shape index (κ3) is 3.93. The van der Waals surface area contributed by atoms with E-state index in [-0.39, 0.29) is 11.5 Å². The highest BCUT2D eigenvalue weighted by atomic mass is 16.2. The van der Waals surface area contributed by atoms with Crippen LogP contribution < -0.4 is 11.2 Å². The van der Waals surface area contributed by atoms with Gasteiger partial charge in [0.2, 0.25) is 0 Å². The molecule has 1 aliphatic heterocycles. The van der Waals surface area contributed by atoms with Crippen molar-refractivity contribution in [1.29, 1.82) is 0 Å². The summed E-state index contributed by atoms with van der Waals surface area (Å²) < 4.78 is 1.15. The molecule has 0 radical (unpaired) electrons. The maximum Gasteiger partial charge on any atom is 0.328 e. The summed E-state index contributed by atoms with van der Waals surface area (Å²) in [6, 6.07) is 15.1. The Morgan fingerprint density at radius 1 is 1.03 bits per heavy atom. The molecule has 168 valence electrons. The van der Waals surface area contributed by atoms with Gasteiger partial charge >= 0.3 is 5.69 Å². The first-order valence-corrected chi connectivity index (χ1v) is 11.2. The molecule has 33 heavy (non-hydrogen) atoms. The number of nitrogens with zero attached hydrogens (tertiary/aromatic N) is 4. The minimum Gasteiger partial charge on any atom is -0.336 e. The maximum absolute atomic E-state index is 13.1. The summed E-state index contributed by atoms with van der Waals surface area (Å²) in [7, 11) is 0. The lowest BCUT2D eigenvalue weighted by molar-refractivity contribution is 0.0629. The molecule has 2 aromatic carbocycles. The van der Waals surface area contributed by atoms with Gasteiger partial charge in [-0.3, -0.25) is 24.0 Å². The Kier molecular flexibility index (Phi) is 5.51. The Hall–Kier alpha value is -3.78. The van der Waals surface area contributed by atoms with Crippen molar-refractivity contribution in [1.82, 2.24) is 24.3 Å². The standard InChI is InChI=1S/C25H25N5O3/c1-2-30-24(32)20-9-8-18(15-21(20)27-25(30)33)23(31)29-13-11-28(12-14-29)16-19-6-3-5-17-7-4-10-26-22(17)19/h3-10,15H,2,11-14,16H2,1H3,(H,27,33). The van der Waals surface area contributed by atoms with Crippen LogP contribution in [0.3, 0.4) is 0 Å². The molecule has 1 N–H and O–H groups in total. The average molecular weight is 444 g/mol. The van der Waals surface area contributed by atoms with Gasteiger partial charge in [-0.1, -0.05) is 24.3 Å². The van der Waals surface area contributed by atoms with E-state index >= 15 is 0 Å². The number of para-hydroxylation sites is 1. The number of H-pyrrole nitrogens is 1. The Labute approximate surface area is 190 Å². The summed E-state index contributed by atoms with van der Waals surface area (Å²) >= 11 is 0. The van der Waals surface area contributed by atoms with Gasteiger partial charge in [0, 0.05) is 56.4 Å². The smallest absolute Gasteiger partial charge is 0.328 e. The molecule has 0 bridgehead atoms. The van der Waals surface area contributed by atoms with Crippen molar-refractivity contribution in [2.75, 3.05) is 26.2 Å². The highest BCUT2D eigenvalue weighted by Gasteiger charge is 2.23. The van der Waals surface area contributed by atoms with Crippen LogP contribution in [0.2, 0.25) is 0 Å². The first-order chi connectivity index (χ1) is 16.0. The van der Waals surface area contributed by atoms with Crippen LogP contribution >= 0.6 is 0 Å². The van der Waals surface area contributed by atoms with E-state index < -0.39 is 5.69 Å². The predicted molar refractivity (Wildman–Crippen MR) is 127 cm³/mol. The number of aromatic nitrogens is 3. The molecular formula is C25H25N5O3. The molecule has 4 aromatic rings. The molecule has 2 aromatic heterocycles. The van der Waals surface area contributed by atoms with Crippen molar-refractivity contribution in [3.63, 3.8) is 0 Å². The highest BCUT2D eigenvalue weighted by molar-refractivity contribution is 5.97. The van der Waals surface area contributed by atoms with E-state index in [2.05, 4.69) is 39.1 Å². The van der Waals surface area contributed by atoms with E-state index in [1.807, 2.05) is 17.2 Å². The SMILES string of the molecule is CCn1c(=O)[nH]c2cc(C(=O)N3CCN(Cc4cccc5cccnc45)CC3)ccc2c1=O. The van der Waals surface area contributed by atoms with Gasteiger partial charge in [-0.05, 0) is 36.8 Å². The Balaban J connectivity index is 1.30. The van der Waals surface area contributed by atoms with Gasteiger partial charge in [0.05, 0.1) is 16.4 Å². The summed E-state index contributed by atoms with van der Waals surface area (Å²) in [5, 5.41) is 1.53. The third-order valence-electron chi connectivity index (χ3n) is 6.31. The molecule has 8 heteroatoms. The number of benzene rings is 2. The first kappa shape index (κ1) is 21.1. The third-order valence-corrected chi connectivity index (χ3v) is 6.31. The van der Waals surface area contributed by atoms with Crippen LogP contribution in [0.25, 0.3) is 21.8 Å². The van der Waals surface area contributed by atoms with Crippen molar-refractivity contribution in [3.8, 4) is 0 Å². The van der Waals surface area contributed by atoms with Crippen LogP contribution in [0, 0.1) is 0 Å². The minimum atomic E-state index is -0.462. The number of carbonyl (C=O) groups excluding carboxylic acids is 1. The number of hydrogen-bond donors (Lipinski definition) is 1.